The zero-order chi connectivity index (χ0) is 8.97. The molecule has 0 radical (unpaired) electrons. The van der Waals surface area contributed by atoms with E-state index in [0.717, 1.165) is 18.1 Å². The first kappa shape index (κ1) is 9.22. The number of hydrogen-bond acceptors (Lipinski definition) is 3. The van der Waals surface area contributed by atoms with Crippen LogP contribution in [0.2, 0.25) is 0 Å². The van der Waals surface area contributed by atoms with Crippen molar-refractivity contribution in [3.05, 3.63) is 17.7 Å². The quantitative estimate of drug-likeness (QED) is 0.702. The Bertz CT molecular complexity index is 234. The molecule has 1 aromatic heterocycles. The maximum atomic E-state index is 5.11. The molecule has 68 valence electrons. The van der Waals surface area contributed by atoms with E-state index in [1.165, 1.54) is 0 Å². The lowest BCUT2D eigenvalue weighted by molar-refractivity contribution is 0.112. The molecule has 0 fully saturated rings. The zero-order valence-electron chi connectivity index (χ0n) is 7.72. The number of H-pyrrole nitrogens is 1. The van der Waals surface area contributed by atoms with E-state index in [1.54, 1.807) is 7.11 Å². The molecular weight excluding hydrogens is 154 g/mol. The SMILES string of the molecule is CNCc1cnc(C(C)OC)[nH]1. The van der Waals surface area contributed by atoms with Gasteiger partial charge in [-0.3, -0.25) is 0 Å². The Hall–Kier alpha value is -0.870. The summed E-state index contributed by atoms with van der Waals surface area (Å²) in [6, 6.07) is 0. The average molecular weight is 169 g/mol. The van der Waals surface area contributed by atoms with Gasteiger partial charge in [0.2, 0.25) is 0 Å². The number of nitrogens with one attached hydrogen (secondary N) is 2. The van der Waals surface area contributed by atoms with E-state index < -0.39 is 0 Å². The molecule has 0 spiro atoms. The summed E-state index contributed by atoms with van der Waals surface area (Å²) in [6.45, 7) is 2.77. The van der Waals surface area contributed by atoms with E-state index in [1.807, 2.05) is 20.2 Å². The first-order valence-corrected chi connectivity index (χ1v) is 3.99. The van der Waals surface area contributed by atoms with Crippen LogP contribution in [0.5, 0.6) is 0 Å². The minimum absolute atomic E-state index is 0.0376. The minimum Gasteiger partial charge on any atom is -0.374 e. The van der Waals surface area contributed by atoms with E-state index in [9.17, 15) is 0 Å². The van der Waals surface area contributed by atoms with Crippen LogP contribution < -0.4 is 5.32 Å². The largest absolute Gasteiger partial charge is 0.374 e. The average Bonchev–Trinajstić information content (AvgIpc) is 2.52. The molecule has 0 saturated carbocycles. The minimum atomic E-state index is 0.0376. The van der Waals surface area contributed by atoms with E-state index in [-0.39, 0.29) is 6.10 Å². The molecule has 0 bridgehead atoms. The number of nitrogens with zero attached hydrogens (tertiary/aromatic N) is 1. The van der Waals surface area contributed by atoms with Crippen LogP contribution in [0.1, 0.15) is 24.5 Å². The van der Waals surface area contributed by atoms with Gasteiger partial charge in [-0.2, -0.15) is 0 Å². The van der Waals surface area contributed by atoms with E-state index in [2.05, 4.69) is 15.3 Å². The van der Waals surface area contributed by atoms with Gasteiger partial charge in [-0.05, 0) is 14.0 Å². The van der Waals surface area contributed by atoms with Crippen LogP contribution in [0.4, 0.5) is 0 Å². The van der Waals surface area contributed by atoms with Gasteiger partial charge in [0.15, 0.2) is 0 Å². The molecule has 1 aromatic rings. The molecule has 0 amide bonds. The van der Waals surface area contributed by atoms with Gasteiger partial charge in [-0.25, -0.2) is 4.98 Å². The highest BCUT2D eigenvalue weighted by Gasteiger charge is 2.06. The monoisotopic (exact) mass is 169 g/mol. The zero-order valence-corrected chi connectivity index (χ0v) is 7.72. The van der Waals surface area contributed by atoms with Crippen molar-refractivity contribution >= 4 is 0 Å². The van der Waals surface area contributed by atoms with E-state index >= 15 is 0 Å². The summed E-state index contributed by atoms with van der Waals surface area (Å²) in [7, 11) is 3.57. The fourth-order valence-electron chi connectivity index (χ4n) is 0.975. The van der Waals surface area contributed by atoms with Crippen molar-refractivity contribution in [1.82, 2.24) is 15.3 Å². The van der Waals surface area contributed by atoms with Crippen molar-refractivity contribution in [1.29, 1.82) is 0 Å². The van der Waals surface area contributed by atoms with Gasteiger partial charge in [0, 0.05) is 25.5 Å². The summed E-state index contributed by atoms with van der Waals surface area (Å²) in [6.07, 6.45) is 1.86. The predicted octanol–water partition coefficient (Wildman–Crippen LogP) is 0.836. The third kappa shape index (κ3) is 2.06. The lowest BCUT2D eigenvalue weighted by atomic mass is 10.4. The maximum Gasteiger partial charge on any atom is 0.135 e. The number of aromatic amines is 1. The smallest absolute Gasteiger partial charge is 0.135 e. The predicted molar refractivity (Wildman–Crippen MR) is 46.8 cm³/mol. The molecular formula is C8H15N3O. The molecule has 0 aliphatic carbocycles. The lowest BCUT2D eigenvalue weighted by Gasteiger charge is -2.04. The van der Waals surface area contributed by atoms with Crippen LogP contribution in [0, 0.1) is 0 Å². The van der Waals surface area contributed by atoms with Crippen LogP contribution in [0.25, 0.3) is 0 Å². The Morgan fingerprint density at radius 1 is 1.75 bits per heavy atom. The van der Waals surface area contributed by atoms with Crippen LogP contribution in [-0.4, -0.2) is 24.1 Å². The molecule has 0 aliphatic rings. The number of imidazole rings is 1. The summed E-state index contributed by atoms with van der Waals surface area (Å²) < 4.78 is 5.11. The highest BCUT2D eigenvalue weighted by molar-refractivity contribution is 5.02. The number of methoxy groups -OCH3 is 1. The second-order valence-corrected chi connectivity index (χ2v) is 2.70. The Morgan fingerprint density at radius 3 is 3.08 bits per heavy atom. The summed E-state index contributed by atoms with van der Waals surface area (Å²) in [5.74, 6) is 0.878. The normalized spacial score (nSPS) is 13.2. The number of aromatic nitrogens is 2. The second kappa shape index (κ2) is 4.23. The topological polar surface area (TPSA) is 49.9 Å². The molecule has 1 unspecified atom stereocenters. The molecule has 4 heteroatoms. The first-order valence-electron chi connectivity index (χ1n) is 3.99. The number of ether oxygens (including phenoxy) is 1. The van der Waals surface area contributed by atoms with Crippen molar-refractivity contribution in [3.8, 4) is 0 Å². The third-order valence-corrected chi connectivity index (χ3v) is 1.75. The highest BCUT2D eigenvalue weighted by Crippen LogP contribution is 2.10. The first-order chi connectivity index (χ1) is 5.77. The summed E-state index contributed by atoms with van der Waals surface area (Å²) in [5.41, 5.74) is 1.08. The number of rotatable bonds is 4. The number of hydrogen-bond donors (Lipinski definition) is 2. The van der Waals surface area contributed by atoms with Gasteiger partial charge < -0.3 is 15.0 Å². The Morgan fingerprint density at radius 2 is 2.50 bits per heavy atom. The molecule has 0 aliphatic heterocycles. The Kier molecular flexibility index (Phi) is 3.25. The summed E-state index contributed by atoms with van der Waals surface area (Å²) in [5, 5.41) is 3.04. The van der Waals surface area contributed by atoms with Crippen molar-refractivity contribution in [2.24, 2.45) is 0 Å². The molecule has 0 saturated heterocycles. The Labute approximate surface area is 72.3 Å². The Balaban J connectivity index is 2.63. The maximum absolute atomic E-state index is 5.11. The highest BCUT2D eigenvalue weighted by atomic mass is 16.5. The summed E-state index contributed by atoms with van der Waals surface area (Å²) >= 11 is 0. The molecule has 1 rings (SSSR count). The van der Waals surface area contributed by atoms with Gasteiger partial charge in [-0.15, -0.1) is 0 Å². The van der Waals surface area contributed by atoms with E-state index in [4.69, 9.17) is 4.74 Å². The summed E-state index contributed by atoms with van der Waals surface area (Å²) in [4.78, 5) is 7.35. The van der Waals surface area contributed by atoms with Crippen molar-refractivity contribution in [3.63, 3.8) is 0 Å². The molecule has 1 atom stereocenters. The van der Waals surface area contributed by atoms with Gasteiger partial charge in [-0.1, -0.05) is 0 Å². The van der Waals surface area contributed by atoms with Crippen LogP contribution in [0.3, 0.4) is 0 Å². The second-order valence-electron chi connectivity index (χ2n) is 2.70. The molecule has 0 aromatic carbocycles. The van der Waals surface area contributed by atoms with Crippen molar-refractivity contribution < 1.29 is 4.74 Å². The van der Waals surface area contributed by atoms with Gasteiger partial charge in [0.05, 0.1) is 0 Å². The van der Waals surface area contributed by atoms with Crippen LogP contribution >= 0.6 is 0 Å². The third-order valence-electron chi connectivity index (χ3n) is 1.75. The fraction of sp³-hybridized carbons (Fsp3) is 0.625. The van der Waals surface area contributed by atoms with Crippen molar-refractivity contribution in [2.45, 2.75) is 19.6 Å². The molecule has 4 nitrogen and oxygen atoms in total. The van der Waals surface area contributed by atoms with Crippen molar-refractivity contribution in [2.75, 3.05) is 14.2 Å². The van der Waals surface area contributed by atoms with Gasteiger partial charge >= 0.3 is 0 Å². The van der Waals surface area contributed by atoms with E-state index in [0.29, 0.717) is 0 Å². The lowest BCUT2D eigenvalue weighted by Crippen LogP contribution is -2.05. The standard InChI is InChI=1S/C8H15N3O/c1-6(12-3)8-10-5-7(11-8)4-9-2/h5-6,9H,4H2,1-3H3,(H,10,11). The molecule has 12 heavy (non-hydrogen) atoms. The van der Waals surface area contributed by atoms with Gasteiger partial charge in [0.1, 0.15) is 11.9 Å². The fourth-order valence-corrected chi connectivity index (χ4v) is 0.975. The van der Waals surface area contributed by atoms with Crippen LogP contribution in [0.15, 0.2) is 6.20 Å². The molecule has 1 heterocycles. The van der Waals surface area contributed by atoms with Gasteiger partial charge in [0.25, 0.3) is 0 Å². The van der Waals surface area contributed by atoms with Crippen LogP contribution in [-0.2, 0) is 11.3 Å². The molecule has 2 N–H and O–H groups in total.